The number of nitrogens with two attached hydrogens (primary N) is 1. The van der Waals surface area contributed by atoms with Gasteiger partial charge >= 0.3 is 6.09 Å². The SMILES string of the molecule is CC(C)(C)OC(=O)N1CCC(Oc2ccc(N3CC(CS(N)(=O)=O)CC3=O)cc2)CC1. The first kappa shape index (κ1) is 23.3. The van der Waals surface area contributed by atoms with E-state index in [9.17, 15) is 18.0 Å². The third-order valence-electron chi connectivity index (χ3n) is 5.22. The largest absolute Gasteiger partial charge is 0.490 e. The normalized spacial score (nSPS) is 20.8. The van der Waals surface area contributed by atoms with E-state index in [1.54, 1.807) is 34.1 Å². The number of hydrogen-bond donors (Lipinski definition) is 1. The Bertz CT molecular complexity index is 902. The first-order valence-corrected chi connectivity index (χ1v) is 12.2. The molecule has 2 saturated heterocycles. The van der Waals surface area contributed by atoms with Crippen molar-refractivity contribution in [3.05, 3.63) is 24.3 Å². The van der Waals surface area contributed by atoms with Gasteiger partial charge in [-0.25, -0.2) is 18.4 Å². The molecule has 1 unspecified atom stereocenters. The summed E-state index contributed by atoms with van der Waals surface area (Å²) >= 11 is 0. The molecule has 0 spiro atoms. The second kappa shape index (κ2) is 9.04. The Hall–Kier alpha value is -2.33. The van der Waals surface area contributed by atoms with Crippen LogP contribution in [0.2, 0.25) is 0 Å². The number of sulfonamides is 1. The molecule has 9 nitrogen and oxygen atoms in total. The summed E-state index contributed by atoms with van der Waals surface area (Å²) in [5, 5.41) is 5.10. The molecule has 2 aliphatic heterocycles. The molecule has 2 amide bonds. The highest BCUT2D eigenvalue weighted by Crippen LogP contribution is 2.28. The number of piperidine rings is 1. The second-order valence-corrected chi connectivity index (χ2v) is 10.8. The minimum atomic E-state index is -3.61. The minimum Gasteiger partial charge on any atom is -0.490 e. The molecule has 2 fully saturated rings. The zero-order valence-electron chi connectivity index (χ0n) is 18.2. The zero-order valence-corrected chi connectivity index (χ0v) is 19.1. The summed E-state index contributed by atoms with van der Waals surface area (Å²) in [5.74, 6) is 0.0796. The lowest BCUT2D eigenvalue weighted by atomic mass is 10.1. The highest BCUT2D eigenvalue weighted by atomic mass is 32.2. The van der Waals surface area contributed by atoms with Gasteiger partial charge in [0.25, 0.3) is 0 Å². The van der Waals surface area contributed by atoms with Crippen molar-refractivity contribution in [1.29, 1.82) is 0 Å². The smallest absolute Gasteiger partial charge is 0.410 e. The van der Waals surface area contributed by atoms with Gasteiger partial charge < -0.3 is 19.3 Å². The van der Waals surface area contributed by atoms with Crippen molar-refractivity contribution in [3.63, 3.8) is 0 Å². The topological polar surface area (TPSA) is 119 Å². The van der Waals surface area contributed by atoms with E-state index in [2.05, 4.69) is 0 Å². The predicted octanol–water partition coefficient (Wildman–Crippen LogP) is 2.11. The first-order chi connectivity index (χ1) is 14.4. The van der Waals surface area contributed by atoms with Gasteiger partial charge in [-0.15, -0.1) is 0 Å². The molecule has 0 radical (unpaired) electrons. The van der Waals surface area contributed by atoms with Crippen molar-refractivity contribution in [1.82, 2.24) is 4.90 Å². The molecule has 172 valence electrons. The molecule has 2 aliphatic rings. The summed E-state index contributed by atoms with van der Waals surface area (Å²) in [6, 6.07) is 7.19. The lowest BCUT2D eigenvalue weighted by molar-refractivity contribution is -0.117. The lowest BCUT2D eigenvalue weighted by Crippen LogP contribution is -2.44. The average Bonchev–Trinajstić information content (AvgIpc) is 3.00. The number of primary sulfonamides is 1. The number of amides is 2. The van der Waals surface area contributed by atoms with E-state index in [0.29, 0.717) is 43.9 Å². The fourth-order valence-corrected chi connectivity index (χ4v) is 4.73. The average molecular weight is 454 g/mol. The molecule has 0 bridgehead atoms. The fourth-order valence-electron chi connectivity index (χ4n) is 3.85. The molecule has 1 aromatic carbocycles. The van der Waals surface area contributed by atoms with Crippen LogP contribution in [0.25, 0.3) is 0 Å². The van der Waals surface area contributed by atoms with E-state index in [1.807, 2.05) is 20.8 Å². The van der Waals surface area contributed by atoms with E-state index in [1.165, 1.54) is 0 Å². The monoisotopic (exact) mass is 453 g/mol. The number of carbonyl (C=O) groups excluding carboxylic acids is 2. The van der Waals surface area contributed by atoms with Crippen molar-refractivity contribution in [2.24, 2.45) is 11.1 Å². The maximum Gasteiger partial charge on any atom is 0.410 e. The van der Waals surface area contributed by atoms with Crippen LogP contribution in [-0.4, -0.2) is 62.4 Å². The first-order valence-electron chi connectivity index (χ1n) is 10.4. The van der Waals surface area contributed by atoms with Gasteiger partial charge in [-0.05, 0) is 45.0 Å². The maximum atomic E-state index is 12.3. The Kier molecular flexibility index (Phi) is 6.80. The number of nitrogens with zero attached hydrogens (tertiary/aromatic N) is 2. The quantitative estimate of drug-likeness (QED) is 0.729. The van der Waals surface area contributed by atoms with Crippen LogP contribution < -0.4 is 14.8 Å². The summed E-state index contributed by atoms with van der Waals surface area (Å²) in [6.07, 6.45) is 1.29. The third-order valence-corrected chi connectivity index (χ3v) is 6.15. The number of ether oxygens (including phenoxy) is 2. The van der Waals surface area contributed by atoms with Crippen LogP contribution in [0.3, 0.4) is 0 Å². The predicted molar refractivity (Wildman–Crippen MR) is 116 cm³/mol. The fraction of sp³-hybridized carbons (Fsp3) is 0.619. The Labute approximate surface area is 183 Å². The molecule has 1 aromatic rings. The van der Waals surface area contributed by atoms with E-state index in [4.69, 9.17) is 14.6 Å². The molecule has 31 heavy (non-hydrogen) atoms. The van der Waals surface area contributed by atoms with Crippen molar-refractivity contribution < 1.29 is 27.5 Å². The number of anilines is 1. The number of likely N-dealkylation sites (tertiary alicyclic amines) is 1. The van der Waals surface area contributed by atoms with Gasteiger partial charge in [-0.2, -0.15) is 0 Å². The van der Waals surface area contributed by atoms with Crippen LogP contribution in [0.5, 0.6) is 5.75 Å². The minimum absolute atomic E-state index is 0.00269. The number of hydrogen-bond acceptors (Lipinski definition) is 6. The standard InChI is InChI=1S/C21H31N3O6S/c1-21(2,3)30-20(26)23-10-8-18(9-11-23)29-17-6-4-16(5-7-17)24-13-15(12-19(24)25)14-31(22,27)28/h4-7,15,18H,8-14H2,1-3H3,(H2,22,27,28). The van der Waals surface area contributed by atoms with Crippen LogP contribution in [-0.2, 0) is 19.6 Å². The molecule has 0 aliphatic carbocycles. The van der Waals surface area contributed by atoms with E-state index in [0.717, 1.165) is 0 Å². The van der Waals surface area contributed by atoms with Crippen LogP contribution in [0, 0.1) is 5.92 Å². The molecule has 3 rings (SSSR count). The summed E-state index contributed by atoms with van der Waals surface area (Å²) < 4.78 is 34.0. The number of benzene rings is 1. The Morgan fingerprint density at radius 2 is 1.77 bits per heavy atom. The third kappa shape index (κ3) is 6.83. The van der Waals surface area contributed by atoms with Crippen LogP contribution in [0.4, 0.5) is 10.5 Å². The van der Waals surface area contributed by atoms with Gasteiger partial charge in [0.15, 0.2) is 0 Å². The van der Waals surface area contributed by atoms with Crippen molar-refractivity contribution >= 4 is 27.7 Å². The summed E-state index contributed by atoms with van der Waals surface area (Å²) in [5.41, 5.74) is 0.190. The second-order valence-electron chi connectivity index (χ2n) is 9.18. The Morgan fingerprint density at radius 1 is 1.16 bits per heavy atom. The Balaban J connectivity index is 1.50. The number of carbonyl (C=O) groups is 2. The molecular formula is C21H31N3O6S. The maximum absolute atomic E-state index is 12.3. The molecule has 2 N–H and O–H groups in total. The van der Waals surface area contributed by atoms with E-state index in [-0.39, 0.29) is 36.2 Å². The zero-order chi connectivity index (χ0) is 22.8. The molecule has 1 atom stereocenters. The molecular weight excluding hydrogens is 422 g/mol. The molecule has 2 heterocycles. The van der Waals surface area contributed by atoms with Crippen molar-refractivity contribution in [3.8, 4) is 5.75 Å². The van der Waals surface area contributed by atoms with Crippen molar-refractivity contribution in [2.45, 2.75) is 51.7 Å². The summed E-state index contributed by atoms with van der Waals surface area (Å²) in [6.45, 7) is 7.02. The lowest BCUT2D eigenvalue weighted by Gasteiger charge is -2.33. The van der Waals surface area contributed by atoms with Crippen molar-refractivity contribution in [2.75, 3.05) is 30.3 Å². The van der Waals surface area contributed by atoms with Gasteiger partial charge in [-0.3, -0.25) is 4.79 Å². The van der Waals surface area contributed by atoms with E-state index >= 15 is 0 Å². The highest BCUT2D eigenvalue weighted by molar-refractivity contribution is 7.89. The number of rotatable bonds is 5. The van der Waals surface area contributed by atoms with Gasteiger partial charge in [0.05, 0.1) is 5.75 Å². The van der Waals surface area contributed by atoms with Gasteiger partial charge in [0.2, 0.25) is 15.9 Å². The highest BCUT2D eigenvalue weighted by Gasteiger charge is 2.33. The molecule has 10 heteroatoms. The summed E-state index contributed by atoms with van der Waals surface area (Å²) in [4.78, 5) is 27.7. The molecule has 0 saturated carbocycles. The van der Waals surface area contributed by atoms with Crippen LogP contribution >= 0.6 is 0 Å². The summed E-state index contributed by atoms with van der Waals surface area (Å²) in [7, 11) is -3.61. The Morgan fingerprint density at radius 3 is 2.32 bits per heavy atom. The van der Waals surface area contributed by atoms with E-state index < -0.39 is 15.6 Å². The van der Waals surface area contributed by atoms with Crippen LogP contribution in [0.1, 0.15) is 40.0 Å². The van der Waals surface area contributed by atoms with Gasteiger partial charge in [0, 0.05) is 50.5 Å². The van der Waals surface area contributed by atoms with Gasteiger partial charge in [0.1, 0.15) is 17.5 Å². The molecule has 0 aromatic heterocycles. The van der Waals surface area contributed by atoms with Crippen LogP contribution in [0.15, 0.2) is 24.3 Å². The van der Waals surface area contributed by atoms with Gasteiger partial charge in [-0.1, -0.05) is 0 Å².